The molecule has 0 aromatic heterocycles. The Morgan fingerprint density at radius 2 is 1.86 bits per heavy atom. The average Bonchev–Trinajstić information content (AvgIpc) is 2.37. The van der Waals surface area contributed by atoms with E-state index in [1.165, 1.54) is 0 Å². The Bertz CT molecular complexity index is 317. The van der Waals surface area contributed by atoms with Crippen molar-refractivity contribution in [2.45, 2.75) is 72.4 Å². The highest BCUT2D eigenvalue weighted by molar-refractivity contribution is 5.68. The Labute approximate surface area is 130 Å². The summed E-state index contributed by atoms with van der Waals surface area (Å²) in [5.41, 5.74) is -0.432. The zero-order valence-corrected chi connectivity index (χ0v) is 14.7. The van der Waals surface area contributed by atoms with Gasteiger partial charge in [-0.2, -0.15) is 0 Å². The number of amides is 1. The summed E-state index contributed by atoms with van der Waals surface area (Å²) in [6.07, 6.45) is 3.10. The van der Waals surface area contributed by atoms with E-state index in [-0.39, 0.29) is 12.1 Å². The number of nitrogens with one attached hydrogen (secondary N) is 1. The van der Waals surface area contributed by atoms with Gasteiger partial charge in [0.1, 0.15) is 5.60 Å². The maximum absolute atomic E-state index is 12.6. The molecule has 1 amide bonds. The molecule has 0 aliphatic carbocycles. The Kier molecular flexibility index (Phi) is 6.98. The van der Waals surface area contributed by atoms with Crippen molar-refractivity contribution in [1.29, 1.82) is 0 Å². The van der Waals surface area contributed by atoms with E-state index in [0.717, 1.165) is 38.9 Å². The second kappa shape index (κ2) is 8.02. The van der Waals surface area contributed by atoms with E-state index in [1.54, 1.807) is 0 Å². The molecule has 21 heavy (non-hydrogen) atoms. The number of carbonyl (C=O) groups excluding carboxylic acids is 1. The minimum atomic E-state index is -0.432. The molecule has 4 nitrogen and oxygen atoms in total. The zero-order chi connectivity index (χ0) is 16.0. The van der Waals surface area contributed by atoms with Gasteiger partial charge in [0.25, 0.3) is 0 Å². The molecule has 1 rings (SSSR count). The maximum atomic E-state index is 12.6. The standard InChI is InChI=1S/C17H34N2O2/c1-7-12-19(16(20)21-17(4,5)6)15(13(2)3)14-8-10-18-11-9-14/h13-15,18H,7-12H2,1-6H3. The first-order valence-corrected chi connectivity index (χ1v) is 8.46. The molecular formula is C17H34N2O2. The van der Waals surface area contributed by atoms with Crippen molar-refractivity contribution in [1.82, 2.24) is 10.2 Å². The molecule has 124 valence electrons. The summed E-state index contributed by atoms with van der Waals surface area (Å²) >= 11 is 0. The Balaban J connectivity index is 2.88. The van der Waals surface area contributed by atoms with Gasteiger partial charge >= 0.3 is 6.09 Å². The van der Waals surface area contributed by atoms with Crippen molar-refractivity contribution >= 4 is 6.09 Å². The highest BCUT2D eigenvalue weighted by Gasteiger charge is 2.35. The molecule has 1 atom stereocenters. The summed E-state index contributed by atoms with van der Waals surface area (Å²) in [4.78, 5) is 14.6. The maximum Gasteiger partial charge on any atom is 0.410 e. The van der Waals surface area contributed by atoms with Gasteiger partial charge in [-0.3, -0.25) is 0 Å². The zero-order valence-electron chi connectivity index (χ0n) is 14.7. The first-order chi connectivity index (χ1) is 9.76. The van der Waals surface area contributed by atoms with Gasteiger partial charge in [-0.1, -0.05) is 20.8 Å². The third-order valence-electron chi connectivity index (χ3n) is 4.00. The fraction of sp³-hybridized carbons (Fsp3) is 0.941. The number of carbonyl (C=O) groups is 1. The van der Waals surface area contributed by atoms with E-state index in [2.05, 4.69) is 26.1 Å². The van der Waals surface area contributed by atoms with Gasteiger partial charge in [0.05, 0.1) is 0 Å². The van der Waals surface area contributed by atoms with Crippen molar-refractivity contribution in [3.63, 3.8) is 0 Å². The van der Waals surface area contributed by atoms with Crippen molar-refractivity contribution in [2.24, 2.45) is 11.8 Å². The first-order valence-electron chi connectivity index (χ1n) is 8.46. The van der Waals surface area contributed by atoms with E-state index in [9.17, 15) is 4.79 Å². The van der Waals surface area contributed by atoms with Crippen LogP contribution in [0.15, 0.2) is 0 Å². The van der Waals surface area contributed by atoms with E-state index in [1.807, 2.05) is 25.7 Å². The van der Waals surface area contributed by atoms with E-state index < -0.39 is 5.60 Å². The number of nitrogens with zero attached hydrogens (tertiary/aromatic N) is 1. The Morgan fingerprint density at radius 3 is 2.29 bits per heavy atom. The quantitative estimate of drug-likeness (QED) is 0.842. The summed E-state index contributed by atoms with van der Waals surface area (Å²) in [5.74, 6) is 1.03. The van der Waals surface area contributed by atoms with Gasteiger partial charge in [0.2, 0.25) is 0 Å². The molecule has 1 unspecified atom stereocenters. The molecule has 1 saturated heterocycles. The van der Waals surface area contributed by atoms with Crippen LogP contribution < -0.4 is 5.32 Å². The number of hydrogen-bond acceptors (Lipinski definition) is 3. The molecule has 4 heteroatoms. The molecule has 1 N–H and O–H groups in total. The third-order valence-corrected chi connectivity index (χ3v) is 4.00. The monoisotopic (exact) mass is 298 g/mol. The molecule has 0 bridgehead atoms. The summed E-state index contributed by atoms with van der Waals surface area (Å²) in [6, 6.07) is 0.280. The second-order valence-corrected chi connectivity index (χ2v) is 7.50. The molecule has 1 aliphatic rings. The lowest BCUT2D eigenvalue weighted by Crippen LogP contribution is -2.51. The van der Waals surface area contributed by atoms with Crippen molar-refractivity contribution in [2.75, 3.05) is 19.6 Å². The third kappa shape index (κ3) is 5.85. The lowest BCUT2D eigenvalue weighted by atomic mass is 9.83. The van der Waals surface area contributed by atoms with E-state index >= 15 is 0 Å². The summed E-state index contributed by atoms with van der Waals surface area (Å²) in [5, 5.41) is 3.41. The molecule has 0 aromatic carbocycles. The molecular weight excluding hydrogens is 264 g/mol. The highest BCUT2D eigenvalue weighted by atomic mass is 16.6. The topological polar surface area (TPSA) is 41.6 Å². The molecule has 1 aliphatic heterocycles. The van der Waals surface area contributed by atoms with Crippen LogP contribution >= 0.6 is 0 Å². The number of piperidine rings is 1. The number of rotatable bonds is 5. The van der Waals surface area contributed by atoms with Gasteiger partial charge in [-0.15, -0.1) is 0 Å². The van der Waals surface area contributed by atoms with Gasteiger partial charge in [0.15, 0.2) is 0 Å². The van der Waals surface area contributed by atoms with Crippen LogP contribution in [-0.2, 0) is 4.74 Å². The molecule has 0 spiro atoms. The van der Waals surface area contributed by atoms with E-state index in [0.29, 0.717) is 11.8 Å². The predicted octanol–water partition coefficient (Wildman–Crippen LogP) is 3.66. The lowest BCUT2D eigenvalue weighted by molar-refractivity contribution is -0.000494. The van der Waals surface area contributed by atoms with Crippen molar-refractivity contribution in [3.8, 4) is 0 Å². The summed E-state index contributed by atoms with van der Waals surface area (Å²) in [7, 11) is 0. The molecule has 1 fully saturated rings. The number of ether oxygens (including phenoxy) is 1. The number of hydrogen-bond donors (Lipinski definition) is 1. The van der Waals surface area contributed by atoms with E-state index in [4.69, 9.17) is 4.74 Å². The fourth-order valence-corrected chi connectivity index (χ4v) is 3.27. The minimum Gasteiger partial charge on any atom is -0.444 e. The van der Waals surface area contributed by atoms with Crippen molar-refractivity contribution in [3.05, 3.63) is 0 Å². The SMILES string of the molecule is CCCN(C(=O)OC(C)(C)C)C(C(C)C)C1CCNCC1. The molecule has 0 radical (unpaired) electrons. The minimum absolute atomic E-state index is 0.151. The Morgan fingerprint density at radius 1 is 1.29 bits per heavy atom. The van der Waals surface area contributed by atoms with Crippen LogP contribution in [-0.4, -0.2) is 42.3 Å². The van der Waals surface area contributed by atoms with Crippen LogP contribution in [0, 0.1) is 11.8 Å². The molecule has 0 saturated carbocycles. The average molecular weight is 298 g/mol. The van der Waals surface area contributed by atoms with Gasteiger partial charge in [-0.05, 0) is 65.0 Å². The summed E-state index contributed by atoms with van der Waals surface area (Å²) < 4.78 is 5.65. The van der Waals surface area contributed by atoms with Crippen LogP contribution in [0.4, 0.5) is 4.79 Å². The van der Waals surface area contributed by atoms with Crippen LogP contribution in [0.25, 0.3) is 0 Å². The van der Waals surface area contributed by atoms with Crippen LogP contribution in [0.3, 0.4) is 0 Å². The predicted molar refractivity (Wildman–Crippen MR) is 87.5 cm³/mol. The van der Waals surface area contributed by atoms with Gasteiger partial charge in [0, 0.05) is 12.6 Å². The van der Waals surface area contributed by atoms with Crippen molar-refractivity contribution < 1.29 is 9.53 Å². The van der Waals surface area contributed by atoms with Crippen LogP contribution in [0.5, 0.6) is 0 Å². The van der Waals surface area contributed by atoms with Gasteiger partial charge in [-0.25, -0.2) is 4.79 Å². The lowest BCUT2D eigenvalue weighted by Gasteiger charge is -2.41. The highest BCUT2D eigenvalue weighted by Crippen LogP contribution is 2.28. The second-order valence-electron chi connectivity index (χ2n) is 7.50. The smallest absolute Gasteiger partial charge is 0.410 e. The van der Waals surface area contributed by atoms with Crippen LogP contribution in [0.1, 0.15) is 60.8 Å². The molecule has 1 heterocycles. The summed E-state index contributed by atoms with van der Waals surface area (Å²) in [6.45, 7) is 15.3. The fourth-order valence-electron chi connectivity index (χ4n) is 3.27. The first kappa shape index (κ1) is 18.3. The van der Waals surface area contributed by atoms with Gasteiger partial charge < -0.3 is 15.0 Å². The molecule has 0 aromatic rings. The Hall–Kier alpha value is -0.770. The normalized spacial score (nSPS) is 18.6. The largest absolute Gasteiger partial charge is 0.444 e. The van der Waals surface area contributed by atoms with Crippen LogP contribution in [0.2, 0.25) is 0 Å².